The highest BCUT2D eigenvalue weighted by Crippen LogP contribution is 2.32. The third-order valence-electron chi connectivity index (χ3n) is 2.81. The highest BCUT2D eigenvalue weighted by molar-refractivity contribution is 7.25. The number of pyridine rings is 1. The summed E-state index contributed by atoms with van der Waals surface area (Å²) in [5.74, 6) is 0. The molecule has 0 fully saturated rings. The second-order valence-corrected chi connectivity index (χ2v) is 4.74. The van der Waals surface area contributed by atoms with Crippen LogP contribution in [-0.4, -0.2) is 15.2 Å². The van der Waals surface area contributed by atoms with Crippen molar-refractivity contribution in [3.8, 4) is 0 Å². The van der Waals surface area contributed by atoms with Crippen molar-refractivity contribution in [2.24, 2.45) is 0 Å². The minimum absolute atomic E-state index is 0.0578. The lowest BCUT2D eigenvalue weighted by Gasteiger charge is -1.98. The van der Waals surface area contributed by atoms with E-state index in [0.29, 0.717) is 0 Å². The fourth-order valence-electron chi connectivity index (χ4n) is 1.83. The summed E-state index contributed by atoms with van der Waals surface area (Å²) >= 11 is 1.39. The third-order valence-corrected chi connectivity index (χ3v) is 3.89. The molecule has 0 aromatic carbocycles. The number of thiophene rings is 1. The number of fused-ring (bicyclic) bond motifs is 3. The Bertz CT molecular complexity index is 757. The molecule has 4 nitrogen and oxygen atoms in total. The smallest absolute Gasteiger partial charge is 0.265 e. The van der Waals surface area contributed by atoms with E-state index in [4.69, 9.17) is 0 Å². The minimum atomic E-state index is -0.0578. The van der Waals surface area contributed by atoms with Crippen molar-refractivity contribution >= 4 is 31.6 Å². The van der Waals surface area contributed by atoms with Crippen molar-refractivity contribution in [2.45, 2.75) is 13.8 Å². The van der Waals surface area contributed by atoms with Crippen molar-refractivity contribution in [2.75, 3.05) is 0 Å². The zero-order valence-electron chi connectivity index (χ0n) is 8.87. The Labute approximate surface area is 95.0 Å². The fraction of sp³-hybridized carbons (Fsp3) is 0.182. The monoisotopic (exact) mass is 231 g/mol. The first kappa shape index (κ1) is 9.47. The average Bonchev–Trinajstić information content (AvgIpc) is 2.64. The molecule has 0 unspecified atom stereocenters. The van der Waals surface area contributed by atoms with Crippen LogP contribution >= 0.6 is 11.3 Å². The van der Waals surface area contributed by atoms with Crippen LogP contribution in [0.2, 0.25) is 0 Å². The van der Waals surface area contributed by atoms with Crippen LogP contribution in [0.1, 0.15) is 11.3 Å². The fourth-order valence-corrected chi connectivity index (χ4v) is 2.91. The van der Waals surface area contributed by atoms with Gasteiger partial charge in [0.05, 0.1) is 5.69 Å². The molecule has 16 heavy (non-hydrogen) atoms. The number of H-pyrrole nitrogens is 1. The van der Waals surface area contributed by atoms with E-state index in [1.54, 1.807) is 6.20 Å². The Hall–Kier alpha value is -1.75. The van der Waals surface area contributed by atoms with E-state index in [1.165, 1.54) is 11.3 Å². The summed E-state index contributed by atoms with van der Waals surface area (Å²) in [4.78, 5) is 15.2. The Balaban J connectivity index is 2.68. The van der Waals surface area contributed by atoms with Crippen LogP contribution in [0.3, 0.4) is 0 Å². The molecule has 3 heterocycles. The van der Waals surface area contributed by atoms with Gasteiger partial charge in [0.25, 0.3) is 5.56 Å². The largest absolute Gasteiger partial charge is 0.328 e. The number of hydrogen-bond acceptors (Lipinski definition) is 4. The van der Waals surface area contributed by atoms with Crippen LogP contribution in [0.15, 0.2) is 17.1 Å². The lowest BCUT2D eigenvalue weighted by molar-refractivity contribution is 1.01. The average molecular weight is 231 g/mol. The van der Waals surface area contributed by atoms with E-state index in [1.807, 2.05) is 19.9 Å². The molecule has 0 spiro atoms. The minimum Gasteiger partial charge on any atom is -0.328 e. The Kier molecular flexibility index (Phi) is 1.85. The standard InChI is InChI=1S/C11H9N3OS/c1-5-6(2)13-14-11-8(5)7-3-4-12-10(15)9(7)16-11/h3-4H,1-2H3,(H,12,15). The zero-order valence-corrected chi connectivity index (χ0v) is 9.68. The maximum atomic E-state index is 11.7. The van der Waals surface area contributed by atoms with Crippen LogP contribution in [-0.2, 0) is 0 Å². The van der Waals surface area contributed by atoms with Crippen molar-refractivity contribution < 1.29 is 0 Å². The predicted octanol–water partition coefficient (Wildman–Crippen LogP) is 2.15. The van der Waals surface area contributed by atoms with Gasteiger partial charge in [0.15, 0.2) is 0 Å². The van der Waals surface area contributed by atoms with Crippen molar-refractivity contribution in [1.82, 2.24) is 15.2 Å². The summed E-state index contributed by atoms with van der Waals surface area (Å²) in [6.07, 6.45) is 1.67. The number of aryl methyl sites for hydroxylation is 2. The van der Waals surface area contributed by atoms with Gasteiger partial charge in [-0.2, -0.15) is 5.10 Å². The van der Waals surface area contributed by atoms with Crippen molar-refractivity contribution in [1.29, 1.82) is 0 Å². The van der Waals surface area contributed by atoms with E-state index in [2.05, 4.69) is 15.2 Å². The van der Waals surface area contributed by atoms with E-state index in [-0.39, 0.29) is 5.56 Å². The molecule has 0 bridgehead atoms. The first-order valence-corrected chi connectivity index (χ1v) is 5.74. The number of nitrogens with one attached hydrogen (secondary N) is 1. The van der Waals surface area contributed by atoms with E-state index in [0.717, 1.165) is 31.6 Å². The number of rotatable bonds is 0. The number of aromatic amines is 1. The van der Waals surface area contributed by atoms with E-state index in [9.17, 15) is 4.79 Å². The molecule has 0 aliphatic heterocycles. The third kappa shape index (κ3) is 1.12. The Morgan fingerprint density at radius 3 is 2.94 bits per heavy atom. The normalized spacial score (nSPS) is 11.4. The van der Waals surface area contributed by atoms with Crippen LogP contribution in [0, 0.1) is 13.8 Å². The highest BCUT2D eigenvalue weighted by atomic mass is 32.1. The van der Waals surface area contributed by atoms with Crippen LogP contribution in [0.4, 0.5) is 0 Å². The molecule has 0 aliphatic carbocycles. The number of nitrogens with zero attached hydrogens (tertiary/aromatic N) is 2. The molecule has 5 heteroatoms. The molecule has 3 aromatic rings. The van der Waals surface area contributed by atoms with Gasteiger partial charge in [0, 0.05) is 17.0 Å². The SMILES string of the molecule is Cc1nnc2sc3c(=O)[nH]ccc3c2c1C. The number of aromatic nitrogens is 3. The molecule has 0 saturated carbocycles. The summed E-state index contributed by atoms with van der Waals surface area (Å²) in [5, 5.41) is 10.2. The summed E-state index contributed by atoms with van der Waals surface area (Å²) in [6.45, 7) is 3.94. The molecular formula is C11H9N3OS. The maximum Gasteiger partial charge on any atom is 0.265 e. The predicted molar refractivity (Wildman–Crippen MR) is 65.0 cm³/mol. The van der Waals surface area contributed by atoms with Gasteiger partial charge in [-0.3, -0.25) is 4.79 Å². The Morgan fingerprint density at radius 1 is 1.31 bits per heavy atom. The van der Waals surface area contributed by atoms with Gasteiger partial charge >= 0.3 is 0 Å². The van der Waals surface area contributed by atoms with E-state index >= 15 is 0 Å². The van der Waals surface area contributed by atoms with Gasteiger partial charge in [0.2, 0.25) is 0 Å². The highest BCUT2D eigenvalue weighted by Gasteiger charge is 2.12. The van der Waals surface area contributed by atoms with Gasteiger partial charge in [0.1, 0.15) is 9.53 Å². The first-order valence-electron chi connectivity index (χ1n) is 4.92. The molecule has 0 aliphatic rings. The Morgan fingerprint density at radius 2 is 2.12 bits per heavy atom. The van der Waals surface area contributed by atoms with Gasteiger partial charge in [-0.1, -0.05) is 0 Å². The second-order valence-electron chi connectivity index (χ2n) is 3.74. The zero-order chi connectivity index (χ0) is 11.3. The van der Waals surface area contributed by atoms with E-state index < -0.39 is 0 Å². The summed E-state index contributed by atoms with van der Waals surface area (Å²) in [7, 11) is 0. The molecule has 3 rings (SSSR count). The first-order chi connectivity index (χ1) is 7.68. The summed E-state index contributed by atoms with van der Waals surface area (Å²) < 4.78 is 0.723. The molecule has 80 valence electrons. The quantitative estimate of drug-likeness (QED) is 0.645. The van der Waals surface area contributed by atoms with Crippen LogP contribution in [0.5, 0.6) is 0 Å². The van der Waals surface area contributed by atoms with Crippen molar-refractivity contribution in [3.05, 3.63) is 33.9 Å². The molecule has 0 radical (unpaired) electrons. The molecule has 3 aromatic heterocycles. The van der Waals surface area contributed by atoms with Gasteiger partial charge in [-0.15, -0.1) is 16.4 Å². The maximum absolute atomic E-state index is 11.7. The van der Waals surface area contributed by atoms with Crippen molar-refractivity contribution in [3.63, 3.8) is 0 Å². The lowest BCUT2D eigenvalue weighted by Crippen LogP contribution is -2.01. The second kappa shape index (κ2) is 3.12. The summed E-state index contributed by atoms with van der Waals surface area (Å²) in [6, 6.07) is 1.92. The molecular weight excluding hydrogens is 222 g/mol. The molecule has 0 amide bonds. The molecule has 0 saturated heterocycles. The van der Waals surface area contributed by atoms with Gasteiger partial charge in [-0.05, 0) is 25.5 Å². The number of hydrogen-bond donors (Lipinski definition) is 1. The van der Waals surface area contributed by atoms with Gasteiger partial charge in [-0.25, -0.2) is 0 Å². The van der Waals surface area contributed by atoms with Crippen LogP contribution in [0.25, 0.3) is 20.3 Å². The molecule has 1 N–H and O–H groups in total. The topological polar surface area (TPSA) is 58.6 Å². The van der Waals surface area contributed by atoms with Gasteiger partial charge < -0.3 is 4.98 Å². The lowest BCUT2D eigenvalue weighted by atomic mass is 10.1. The summed E-state index contributed by atoms with van der Waals surface area (Å²) in [5.41, 5.74) is 1.95. The van der Waals surface area contributed by atoms with Crippen LogP contribution < -0.4 is 5.56 Å². The molecule has 0 atom stereocenters.